The van der Waals surface area contributed by atoms with Gasteiger partial charge < -0.3 is 4.74 Å². The quantitative estimate of drug-likeness (QED) is 0.766. The molecule has 2 rings (SSSR count). The summed E-state index contributed by atoms with van der Waals surface area (Å²) < 4.78 is 42.2. The number of hydrogen-bond acceptors (Lipinski definition) is 3. The van der Waals surface area contributed by atoms with Crippen LogP contribution < -0.4 is 0 Å². The molecule has 0 spiro atoms. The first-order valence-electron chi connectivity index (χ1n) is 5.63. The molecule has 1 aromatic rings. The fourth-order valence-corrected chi connectivity index (χ4v) is 1.86. The molecule has 1 unspecified atom stereocenters. The first kappa shape index (κ1) is 13.0. The minimum absolute atomic E-state index is 0.0681. The van der Waals surface area contributed by atoms with Crippen molar-refractivity contribution < 1.29 is 22.7 Å². The monoisotopic (exact) mass is 259 g/mol. The lowest BCUT2D eigenvalue weighted by Gasteiger charge is -2.20. The lowest BCUT2D eigenvalue weighted by atomic mass is 9.95. The summed E-state index contributed by atoms with van der Waals surface area (Å²) in [6, 6.07) is 2.00. The third kappa shape index (κ3) is 2.87. The summed E-state index contributed by atoms with van der Waals surface area (Å²) in [6.45, 7) is 0.950. The largest absolute Gasteiger partial charge is 0.417 e. The zero-order chi connectivity index (χ0) is 13.2. The molecule has 1 saturated heterocycles. The van der Waals surface area contributed by atoms with Gasteiger partial charge >= 0.3 is 6.18 Å². The molecule has 0 bridgehead atoms. The second-order valence-electron chi connectivity index (χ2n) is 4.21. The molecule has 0 saturated carbocycles. The molecule has 1 aliphatic heterocycles. The van der Waals surface area contributed by atoms with Gasteiger partial charge in [0.2, 0.25) is 0 Å². The number of ether oxygens (including phenoxy) is 1. The maximum Gasteiger partial charge on any atom is 0.417 e. The van der Waals surface area contributed by atoms with E-state index in [1.165, 1.54) is 0 Å². The van der Waals surface area contributed by atoms with Crippen LogP contribution in [0.25, 0.3) is 0 Å². The molecule has 18 heavy (non-hydrogen) atoms. The zero-order valence-electron chi connectivity index (χ0n) is 9.54. The van der Waals surface area contributed by atoms with Crippen LogP contribution in [0.2, 0.25) is 0 Å². The maximum atomic E-state index is 12.3. The molecule has 1 fully saturated rings. The van der Waals surface area contributed by atoms with Gasteiger partial charge in [0.25, 0.3) is 0 Å². The van der Waals surface area contributed by atoms with Crippen LogP contribution in [0, 0.1) is 5.92 Å². The molecule has 0 amide bonds. The Bertz CT molecular complexity index is 422. The van der Waals surface area contributed by atoms with Gasteiger partial charge in [0.15, 0.2) is 5.78 Å². The van der Waals surface area contributed by atoms with Crippen LogP contribution in [0.1, 0.15) is 28.9 Å². The second-order valence-corrected chi connectivity index (χ2v) is 4.21. The van der Waals surface area contributed by atoms with Crippen molar-refractivity contribution in [3.63, 3.8) is 0 Å². The van der Waals surface area contributed by atoms with E-state index in [0.717, 1.165) is 18.6 Å². The Hall–Kier alpha value is -1.43. The van der Waals surface area contributed by atoms with E-state index in [-0.39, 0.29) is 17.4 Å². The van der Waals surface area contributed by atoms with E-state index in [2.05, 4.69) is 4.98 Å². The van der Waals surface area contributed by atoms with Crippen molar-refractivity contribution >= 4 is 5.78 Å². The molecule has 3 nitrogen and oxygen atoms in total. The highest BCUT2D eigenvalue weighted by molar-refractivity contribution is 5.96. The number of aromatic nitrogens is 1. The van der Waals surface area contributed by atoms with Crippen molar-refractivity contribution in [3.8, 4) is 0 Å². The van der Waals surface area contributed by atoms with Gasteiger partial charge in [-0.1, -0.05) is 0 Å². The van der Waals surface area contributed by atoms with Crippen LogP contribution in [0.5, 0.6) is 0 Å². The number of carbonyl (C=O) groups excluding carboxylic acids is 1. The first-order valence-corrected chi connectivity index (χ1v) is 5.63. The normalized spacial score (nSPS) is 20.7. The maximum absolute atomic E-state index is 12.3. The Balaban J connectivity index is 2.11. The molecule has 1 atom stereocenters. The Morgan fingerprint density at radius 1 is 1.39 bits per heavy atom. The summed E-state index contributed by atoms with van der Waals surface area (Å²) in [5, 5.41) is 0. The zero-order valence-corrected chi connectivity index (χ0v) is 9.54. The fourth-order valence-electron chi connectivity index (χ4n) is 1.86. The summed E-state index contributed by atoms with van der Waals surface area (Å²) >= 11 is 0. The summed E-state index contributed by atoms with van der Waals surface area (Å²) in [4.78, 5) is 15.5. The molecule has 6 heteroatoms. The van der Waals surface area contributed by atoms with E-state index in [0.29, 0.717) is 25.8 Å². The van der Waals surface area contributed by atoms with Gasteiger partial charge in [0.05, 0.1) is 12.2 Å². The predicted octanol–water partition coefficient (Wildman–Crippen LogP) is 2.71. The molecule has 98 valence electrons. The molecule has 2 heterocycles. The SMILES string of the molecule is O=C(c1ccc(C(F)(F)F)cn1)C1CCCOC1. The molecule has 0 aliphatic carbocycles. The third-order valence-corrected chi connectivity index (χ3v) is 2.87. The number of pyridine rings is 1. The molecule has 0 N–H and O–H groups in total. The average Bonchev–Trinajstić information content (AvgIpc) is 2.38. The van der Waals surface area contributed by atoms with Crippen LogP contribution in [-0.2, 0) is 10.9 Å². The summed E-state index contributed by atoms with van der Waals surface area (Å²) in [5.74, 6) is -0.536. The van der Waals surface area contributed by atoms with Gasteiger partial charge in [-0.2, -0.15) is 13.2 Å². The lowest BCUT2D eigenvalue weighted by Crippen LogP contribution is -2.26. The number of halogens is 3. The number of carbonyl (C=O) groups is 1. The van der Waals surface area contributed by atoms with Crippen molar-refractivity contribution in [1.29, 1.82) is 0 Å². The molecule has 1 aromatic heterocycles. The number of nitrogens with zero attached hydrogens (tertiary/aromatic N) is 1. The summed E-state index contributed by atoms with van der Waals surface area (Å²) in [5.41, 5.74) is -0.780. The van der Waals surface area contributed by atoms with Gasteiger partial charge in [0, 0.05) is 18.7 Å². The number of Topliss-reactive ketones (excluding diaryl/α,β-unsaturated/α-hetero) is 1. The highest BCUT2D eigenvalue weighted by Crippen LogP contribution is 2.28. The van der Waals surface area contributed by atoms with E-state index in [1.54, 1.807) is 0 Å². The van der Waals surface area contributed by atoms with E-state index < -0.39 is 11.7 Å². The van der Waals surface area contributed by atoms with Crippen LogP contribution in [-0.4, -0.2) is 24.0 Å². The highest BCUT2D eigenvalue weighted by atomic mass is 19.4. The number of ketones is 1. The van der Waals surface area contributed by atoms with Crippen LogP contribution >= 0.6 is 0 Å². The number of rotatable bonds is 2. The highest BCUT2D eigenvalue weighted by Gasteiger charge is 2.31. The Labute approximate surface area is 102 Å². The van der Waals surface area contributed by atoms with Crippen molar-refractivity contribution in [2.75, 3.05) is 13.2 Å². The Kier molecular flexibility index (Phi) is 3.65. The van der Waals surface area contributed by atoms with Gasteiger partial charge in [-0.3, -0.25) is 9.78 Å². The minimum atomic E-state index is -4.43. The van der Waals surface area contributed by atoms with Crippen molar-refractivity contribution in [2.45, 2.75) is 19.0 Å². The van der Waals surface area contributed by atoms with Crippen LogP contribution in [0.15, 0.2) is 18.3 Å². The lowest BCUT2D eigenvalue weighted by molar-refractivity contribution is -0.137. The summed E-state index contributed by atoms with van der Waals surface area (Å²) in [7, 11) is 0. The van der Waals surface area contributed by atoms with E-state index in [1.807, 2.05) is 0 Å². The van der Waals surface area contributed by atoms with Gasteiger partial charge in [-0.15, -0.1) is 0 Å². The minimum Gasteiger partial charge on any atom is -0.381 e. The second kappa shape index (κ2) is 5.06. The Morgan fingerprint density at radius 3 is 2.67 bits per heavy atom. The predicted molar refractivity (Wildman–Crippen MR) is 57.1 cm³/mol. The third-order valence-electron chi connectivity index (χ3n) is 2.87. The van der Waals surface area contributed by atoms with Crippen molar-refractivity contribution in [2.24, 2.45) is 5.92 Å². The molecule has 0 aromatic carbocycles. The topological polar surface area (TPSA) is 39.2 Å². The van der Waals surface area contributed by atoms with Crippen molar-refractivity contribution in [1.82, 2.24) is 4.98 Å². The van der Waals surface area contributed by atoms with E-state index in [4.69, 9.17) is 4.74 Å². The number of alkyl halides is 3. The van der Waals surface area contributed by atoms with E-state index >= 15 is 0 Å². The molecular weight excluding hydrogens is 247 g/mol. The smallest absolute Gasteiger partial charge is 0.381 e. The average molecular weight is 259 g/mol. The van der Waals surface area contributed by atoms with Gasteiger partial charge in [-0.05, 0) is 25.0 Å². The number of hydrogen-bond donors (Lipinski definition) is 0. The van der Waals surface area contributed by atoms with Gasteiger partial charge in [-0.25, -0.2) is 0 Å². The molecule has 0 radical (unpaired) electrons. The fraction of sp³-hybridized carbons (Fsp3) is 0.500. The molecular formula is C12H12F3NO2. The first-order chi connectivity index (χ1) is 8.48. The van der Waals surface area contributed by atoms with E-state index in [9.17, 15) is 18.0 Å². The standard InChI is InChI=1S/C12H12F3NO2/c13-12(14,15)9-3-4-10(16-6-9)11(17)8-2-1-5-18-7-8/h3-4,6,8H,1-2,5,7H2. The summed E-state index contributed by atoms with van der Waals surface area (Å²) in [6.07, 6.45) is -2.25. The van der Waals surface area contributed by atoms with Crippen LogP contribution in [0.3, 0.4) is 0 Å². The van der Waals surface area contributed by atoms with Gasteiger partial charge in [0.1, 0.15) is 5.69 Å². The van der Waals surface area contributed by atoms with Crippen LogP contribution in [0.4, 0.5) is 13.2 Å². The molecule has 1 aliphatic rings. The Morgan fingerprint density at radius 2 is 2.17 bits per heavy atom. The van der Waals surface area contributed by atoms with Crippen molar-refractivity contribution in [3.05, 3.63) is 29.6 Å².